The van der Waals surface area contributed by atoms with Crippen LogP contribution >= 0.6 is 0 Å². The van der Waals surface area contributed by atoms with E-state index in [2.05, 4.69) is 0 Å². The Morgan fingerprint density at radius 3 is 1.43 bits per heavy atom. The van der Waals surface area contributed by atoms with Crippen molar-refractivity contribution in [3.8, 4) is 0 Å². The average molecular weight is 584 g/mol. The van der Waals surface area contributed by atoms with Gasteiger partial charge < -0.3 is 28.8 Å². The Morgan fingerprint density at radius 1 is 0.625 bits per heavy atom. The molecule has 0 bridgehead atoms. The second-order valence-electron chi connectivity index (χ2n) is 7.84. The van der Waals surface area contributed by atoms with Gasteiger partial charge in [-0.2, -0.15) is 0 Å². The van der Waals surface area contributed by atoms with E-state index in [-0.39, 0.29) is 0 Å². The number of esters is 4. The molecule has 224 valence electrons. The lowest BCUT2D eigenvalue weighted by Crippen LogP contribution is -2.62. The van der Waals surface area contributed by atoms with E-state index in [9.17, 15) is 64.7 Å². The van der Waals surface area contributed by atoms with E-state index in [1.54, 1.807) is 0 Å². The van der Waals surface area contributed by atoms with Gasteiger partial charge in [-0.25, -0.2) is 0 Å². The molecule has 0 amide bonds. The first-order valence-corrected chi connectivity index (χ1v) is 11.2. The molecule has 0 radical (unpaired) electrons. The molecule has 22 nitrogen and oxygen atoms in total. The van der Waals surface area contributed by atoms with Gasteiger partial charge in [-0.1, -0.05) is 0 Å². The summed E-state index contributed by atoms with van der Waals surface area (Å²) >= 11 is 0. The SMILES string of the molecule is O=C(CC[N+](=O)[O-])OC[C@H]1O[C@@H](OC(=O)CC[N+](=O)[O-])[C@H](OC(=O)CC[N+](=O)[O-])[C@@H](OC(=O)CC[N+](=O)[O-])[C@@H]1O. The summed E-state index contributed by atoms with van der Waals surface area (Å²) in [6.45, 7) is -4.42. The topological polar surface area (TPSA) is 307 Å². The first-order chi connectivity index (χ1) is 18.7. The fourth-order valence-electron chi connectivity index (χ4n) is 2.97. The quantitative estimate of drug-likeness (QED) is 0.0809. The molecule has 40 heavy (non-hydrogen) atoms. The Bertz CT molecular complexity index is 988. The molecule has 1 N–H and O–H groups in total. The van der Waals surface area contributed by atoms with Crippen molar-refractivity contribution in [1.82, 2.24) is 0 Å². The number of aliphatic hydroxyl groups excluding tert-OH is 1. The Hall–Kier alpha value is -4.60. The third-order valence-corrected chi connectivity index (χ3v) is 4.80. The van der Waals surface area contributed by atoms with Gasteiger partial charge in [0.15, 0.2) is 6.10 Å². The van der Waals surface area contributed by atoms with Gasteiger partial charge in [-0.05, 0) is 0 Å². The fourth-order valence-corrected chi connectivity index (χ4v) is 2.97. The summed E-state index contributed by atoms with van der Waals surface area (Å²) in [5.74, 6) is -5.06. The average Bonchev–Trinajstić information content (AvgIpc) is 2.86. The first-order valence-electron chi connectivity index (χ1n) is 11.2. The van der Waals surface area contributed by atoms with Crippen molar-refractivity contribution in [1.29, 1.82) is 0 Å². The van der Waals surface area contributed by atoms with Gasteiger partial charge in [0.05, 0.1) is 0 Å². The maximum Gasteiger partial charge on any atom is 0.314 e. The highest BCUT2D eigenvalue weighted by Gasteiger charge is 2.52. The van der Waals surface area contributed by atoms with Crippen LogP contribution in [0.4, 0.5) is 0 Å². The highest BCUT2D eigenvalue weighted by atomic mass is 16.7. The highest BCUT2D eigenvalue weighted by molar-refractivity contribution is 5.72. The third-order valence-electron chi connectivity index (χ3n) is 4.80. The van der Waals surface area contributed by atoms with Gasteiger partial charge in [0.2, 0.25) is 38.6 Å². The molecule has 1 saturated heterocycles. The molecule has 1 heterocycles. The van der Waals surface area contributed by atoms with Crippen molar-refractivity contribution >= 4 is 23.9 Å². The molecular weight excluding hydrogens is 560 g/mol. The Balaban J connectivity index is 3.24. The van der Waals surface area contributed by atoms with Crippen LogP contribution < -0.4 is 0 Å². The minimum absolute atomic E-state index is 0.689. The first kappa shape index (κ1) is 33.4. The molecule has 1 aliphatic heterocycles. The van der Waals surface area contributed by atoms with Crippen LogP contribution in [0.3, 0.4) is 0 Å². The van der Waals surface area contributed by atoms with E-state index in [4.69, 9.17) is 23.7 Å². The lowest BCUT2D eigenvalue weighted by molar-refractivity contribution is -0.479. The van der Waals surface area contributed by atoms with Gasteiger partial charge in [0, 0.05) is 19.7 Å². The molecule has 5 atom stereocenters. The summed E-state index contributed by atoms with van der Waals surface area (Å²) < 4.78 is 25.0. The normalized spacial score (nSPS) is 21.9. The second kappa shape index (κ2) is 16.4. The van der Waals surface area contributed by atoms with Gasteiger partial charge in [0.1, 0.15) is 44.5 Å². The van der Waals surface area contributed by atoms with Crippen LogP contribution in [0.2, 0.25) is 0 Å². The fraction of sp³-hybridized carbons (Fsp3) is 0.778. The molecular formula is C18H24N4O18. The second-order valence-corrected chi connectivity index (χ2v) is 7.84. The molecule has 1 aliphatic rings. The predicted octanol–water partition coefficient (Wildman–Crippen LogP) is -2.35. The van der Waals surface area contributed by atoms with Crippen molar-refractivity contribution in [2.24, 2.45) is 0 Å². The van der Waals surface area contributed by atoms with E-state index in [0.717, 1.165) is 0 Å². The summed E-state index contributed by atoms with van der Waals surface area (Å²) in [5.41, 5.74) is 0. The lowest BCUT2D eigenvalue weighted by Gasteiger charge is -2.42. The van der Waals surface area contributed by atoms with Crippen LogP contribution in [0.25, 0.3) is 0 Å². The number of carbonyl (C=O) groups is 4. The van der Waals surface area contributed by atoms with E-state index >= 15 is 0 Å². The molecule has 0 saturated carbocycles. The molecule has 1 fully saturated rings. The van der Waals surface area contributed by atoms with Crippen molar-refractivity contribution in [2.75, 3.05) is 32.8 Å². The smallest absolute Gasteiger partial charge is 0.314 e. The maximum atomic E-state index is 12.2. The minimum atomic E-state index is -2.10. The van der Waals surface area contributed by atoms with Crippen LogP contribution in [0.15, 0.2) is 0 Å². The number of hydrogen-bond donors (Lipinski definition) is 1. The van der Waals surface area contributed by atoms with Crippen LogP contribution in [-0.2, 0) is 42.9 Å². The summed E-state index contributed by atoms with van der Waals surface area (Å²) in [6, 6.07) is 0. The van der Waals surface area contributed by atoms with Crippen LogP contribution in [0.5, 0.6) is 0 Å². The number of ether oxygens (including phenoxy) is 5. The monoisotopic (exact) mass is 584 g/mol. The minimum Gasteiger partial charge on any atom is -0.463 e. The van der Waals surface area contributed by atoms with Gasteiger partial charge in [0.25, 0.3) is 0 Å². The molecule has 0 aromatic heterocycles. The molecule has 0 aliphatic carbocycles. The lowest BCUT2D eigenvalue weighted by atomic mass is 9.98. The summed E-state index contributed by atoms with van der Waals surface area (Å²) in [5, 5.41) is 52.9. The van der Waals surface area contributed by atoms with E-state index in [1.807, 2.05) is 0 Å². The molecule has 0 unspecified atom stereocenters. The van der Waals surface area contributed by atoms with Gasteiger partial charge >= 0.3 is 23.9 Å². The highest BCUT2D eigenvalue weighted by Crippen LogP contribution is 2.28. The number of nitro groups is 4. The van der Waals surface area contributed by atoms with Gasteiger partial charge in [-0.3, -0.25) is 59.6 Å². The molecule has 1 rings (SSSR count). The number of carbonyl (C=O) groups excluding carboxylic acids is 4. The largest absolute Gasteiger partial charge is 0.463 e. The molecule has 22 heteroatoms. The van der Waals surface area contributed by atoms with Crippen molar-refractivity contribution in [2.45, 2.75) is 56.4 Å². The predicted molar refractivity (Wildman–Crippen MR) is 117 cm³/mol. The van der Waals surface area contributed by atoms with Crippen LogP contribution in [-0.4, -0.2) is 112 Å². The molecule has 0 spiro atoms. The number of aliphatic hydroxyl groups is 1. The van der Waals surface area contributed by atoms with Crippen LogP contribution in [0.1, 0.15) is 25.7 Å². The van der Waals surface area contributed by atoms with Crippen molar-refractivity contribution in [3.63, 3.8) is 0 Å². The third kappa shape index (κ3) is 12.8. The Kier molecular flexibility index (Phi) is 13.7. The van der Waals surface area contributed by atoms with E-state index in [1.165, 1.54) is 0 Å². The van der Waals surface area contributed by atoms with E-state index < -0.39 is 133 Å². The zero-order chi connectivity index (χ0) is 30.4. The van der Waals surface area contributed by atoms with Crippen molar-refractivity contribution in [3.05, 3.63) is 40.5 Å². The zero-order valence-corrected chi connectivity index (χ0v) is 20.4. The summed E-state index contributed by atoms with van der Waals surface area (Å²) in [4.78, 5) is 87.0. The standard InChI is InChI=1S/C18H24N4O18/c23-11(1-5-19(28)29)36-9-10-15(27)16(38-12(24)2-6-20(30)31)17(39-13(25)3-7-21(32)33)18(37-10)40-14(26)4-8-22(34)35/h10,15-18,27H,1-9H2/t10-,15-,16+,17-,18+/m1/s1. The maximum absolute atomic E-state index is 12.2. The zero-order valence-electron chi connectivity index (χ0n) is 20.4. The van der Waals surface area contributed by atoms with Crippen molar-refractivity contribution < 1.29 is 67.7 Å². The number of nitrogens with zero attached hydrogens (tertiary/aromatic N) is 4. The summed E-state index contributed by atoms with van der Waals surface area (Å²) in [7, 11) is 0. The molecule has 0 aromatic carbocycles. The Labute approximate surface area is 222 Å². The van der Waals surface area contributed by atoms with Crippen LogP contribution in [0, 0.1) is 40.5 Å². The number of rotatable bonds is 17. The van der Waals surface area contributed by atoms with Gasteiger partial charge in [-0.15, -0.1) is 0 Å². The Morgan fingerprint density at radius 2 is 1.00 bits per heavy atom. The number of hydrogen-bond acceptors (Lipinski definition) is 18. The van der Waals surface area contributed by atoms with E-state index in [0.29, 0.717) is 0 Å². The summed E-state index contributed by atoms with van der Waals surface area (Å²) in [6.07, 6.45) is -13.2. The molecule has 0 aromatic rings.